The standard InChI is InChI=1S/C20H22N4OS.C19H22N6O.C18H20N6O/c1-3-4-14-25-19-11-9-17(10-12-19)21-16-5-7-18(8-6-16)22-23-20-24(2)13-15-26-20;1-3-4-13-26-18-11-9-16(10-12-18)21-15-5-7-17(8-6-15)22-24-19-23-20-14-25(19)2;1-3-12-25-17-10-8-15(9-11-17)20-14-4-6-16(7-5-14)21-23-18-22-19-13-24(18)2/h5-13,15H,3-4,14H2,1-2H3;5-12,14H,3-4,13H2,1-2H3,(H,21,23,24);4-11,13H,3,12H2,1-2H3,(H,20,22,23)/p+3. The van der Waals surface area contributed by atoms with Crippen LogP contribution in [0.5, 0.6) is 17.2 Å². The second-order valence-electron chi connectivity index (χ2n) is 17.3. The van der Waals surface area contributed by atoms with Crippen LogP contribution in [0.25, 0.3) is 0 Å². The molecule has 396 valence electrons. The quantitative estimate of drug-likeness (QED) is 0.0236. The van der Waals surface area contributed by atoms with E-state index in [1.165, 1.54) is 0 Å². The number of unbranched alkanes of at least 4 members (excludes halogenated alkanes) is 2. The highest BCUT2D eigenvalue weighted by molar-refractivity contribution is 7.12. The molecule has 0 bridgehead atoms. The zero-order valence-electron chi connectivity index (χ0n) is 44.4. The van der Waals surface area contributed by atoms with E-state index in [1.54, 1.807) is 33.1 Å². The smallest absolute Gasteiger partial charge is 0.408 e. The molecule has 0 unspecified atom stereocenters. The van der Waals surface area contributed by atoms with E-state index >= 15 is 0 Å². The van der Waals surface area contributed by atoms with Crippen molar-refractivity contribution in [3.8, 4) is 17.2 Å². The molecule has 0 saturated heterocycles. The second kappa shape index (κ2) is 30.3. The minimum atomic E-state index is 0.590. The molecule has 3 heterocycles. The highest BCUT2D eigenvalue weighted by atomic mass is 32.1. The first kappa shape index (κ1) is 55.6. The van der Waals surface area contributed by atoms with Crippen LogP contribution < -0.4 is 43.9 Å². The largest absolute Gasteiger partial charge is 0.494 e. The van der Waals surface area contributed by atoms with Gasteiger partial charge in [-0.05, 0) is 192 Å². The van der Waals surface area contributed by atoms with Crippen molar-refractivity contribution in [1.29, 1.82) is 0 Å². The van der Waals surface area contributed by atoms with Crippen molar-refractivity contribution in [2.45, 2.75) is 52.9 Å². The molecule has 0 fully saturated rings. The number of rotatable bonds is 23. The SMILES string of the molecule is CCCCOc1ccc(Nc2ccc(N=Nc3[nH]nc[n+]3C)cc2)cc1.CCCCOc1ccc(Nc2ccc(N=Nc3scc[n+]3C)cc2)cc1.CCCOc1ccc(Nc2ccc(N=Nc3[nH]nc[n+]3C)cc2)cc1. The van der Waals surface area contributed by atoms with Gasteiger partial charge in [0, 0.05) is 49.7 Å². The fourth-order valence-corrected chi connectivity index (χ4v) is 7.34. The summed E-state index contributed by atoms with van der Waals surface area (Å²) in [4.78, 5) is 0. The van der Waals surface area contributed by atoms with Crippen LogP contribution in [0.3, 0.4) is 0 Å². The Hall–Kier alpha value is -9.17. The number of nitrogens with one attached hydrogen (secondary N) is 5. The van der Waals surface area contributed by atoms with Crippen LogP contribution in [-0.2, 0) is 21.1 Å². The Labute approximate surface area is 453 Å². The van der Waals surface area contributed by atoms with Crippen molar-refractivity contribution >= 4 is 79.6 Å². The van der Waals surface area contributed by atoms with Crippen molar-refractivity contribution < 1.29 is 27.9 Å². The lowest BCUT2D eigenvalue weighted by molar-refractivity contribution is -0.658. The highest BCUT2D eigenvalue weighted by Crippen LogP contribution is 2.27. The summed E-state index contributed by atoms with van der Waals surface area (Å²) in [6, 6.07) is 47.3. The summed E-state index contributed by atoms with van der Waals surface area (Å²) in [7, 11) is 5.66. The Morgan fingerprint density at radius 3 is 1.05 bits per heavy atom. The van der Waals surface area contributed by atoms with Gasteiger partial charge in [-0.1, -0.05) is 43.8 Å². The van der Waals surface area contributed by atoms with E-state index in [2.05, 4.69) is 87.8 Å². The van der Waals surface area contributed by atoms with Gasteiger partial charge in [0.2, 0.25) is 12.7 Å². The van der Waals surface area contributed by atoms with E-state index in [0.717, 1.165) is 125 Å². The molecule has 20 heteroatoms. The van der Waals surface area contributed by atoms with Crippen LogP contribution in [-0.4, -0.2) is 40.2 Å². The van der Waals surface area contributed by atoms with E-state index in [1.807, 2.05) is 183 Å². The molecule has 0 saturated carbocycles. The molecule has 0 aliphatic carbocycles. The number of aryl methyl sites for hydroxylation is 3. The van der Waals surface area contributed by atoms with Crippen LogP contribution >= 0.6 is 11.3 Å². The number of aromatic nitrogens is 7. The van der Waals surface area contributed by atoms with Gasteiger partial charge in [-0.2, -0.15) is 0 Å². The van der Waals surface area contributed by atoms with Gasteiger partial charge in [0.05, 0.1) is 57.5 Å². The molecule has 5 N–H and O–H groups in total. The zero-order valence-corrected chi connectivity index (χ0v) is 45.2. The van der Waals surface area contributed by atoms with Gasteiger partial charge in [-0.3, -0.25) is 0 Å². The Morgan fingerprint density at radius 2 is 0.753 bits per heavy atom. The monoisotopic (exact) mass is 1060 g/mol. The zero-order chi connectivity index (χ0) is 53.9. The summed E-state index contributed by atoms with van der Waals surface area (Å²) in [5.74, 6) is 3.87. The maximum atomic E-state index is 5.68. The lowest BCUT2D eigenvalue weighted by Gasteiger charge is -2.09. The van der Waals surface area contributed by atoms with Gasteiger partial charge < -0.3 is 30.2 Å². The summed E-state index contributed by atoms with van der Waals surface area (Å²) in [5, 5.41) is 51.4. The molecule has 0 atom stereocenters. The average Bonchev–Trinajstić information content (AvgIpc) is 4.21. The second-order valence-corrected chi connectivity index (χ2v) is 18.2. The van der Waals surface area contributed by atoms with Gasteiger partial charge in [-0.25, -0.2) is 13.7 Å². The maximum absolute atomic E-state index is 5.68. The molecule has 0 radical (unpaired) electrons. The first-order valence-electron chi connectivity index (χ1n) is 25.5. The summed E-state index contributed by atoms with van der Waals surface area (Å²) in [6.07, 6.45) is 10.7. The lowest BCUT2D eigenvalue weighted by atomic mass is 10.2. The van der Waals surface area contributed by atoms with Crippen LogP contribution in [0.4, 0.5) is 68.2 Å². The van der Waals surface area contributed by atoms with Gasteiger partial charge in [0.15, 0.2) is 0 Å². The number of H-pyrrole nitrogens is 2. The van der Waals surface area contributed by atoms with Crippen molar-refractivity contribution in [1.82, 2.24) is 20.4 Å². The number of thiazole rings is 1. The number of nitrogens with zero attached hydrogens (tertiary/aromatic N) is 11. The predicted octanol–water partition coefficient (Wildman–Crippen LogP) is 14.7. The topological polar surface area (TPSA) is 207 Å². The van der Waals surface area contributed by atoms with E-state index in [9.17, 15) is 0 Å². The van der Waals surface area contributed by atoms with E-state index in [-0.39, 0.29) is 0 Å². The van der Waals surface area contributed by atoms with Gasteiger partial charge in [0.25, 0.3) is 0 Å². The lowest BCUT2D eigenvalue weighted by Crippen LogP contribution is -2.24. The Kier molecular flexibility index (Phi) is 21.8. The first-order chi connectivity index (χ1) is 37.7. The minimum absolute atomic E-state index is 0.590. The Bertz CT molecular complexity index is 3050. The van der Waals surface area contributed by atoms with Crippen molar-refractivity contribution in [3.63, 3.8) is 0 Å². The van der Waals surface area contributed by atoms with Crippen LogP contribution in [0, 0.1) is 0 Å². The normalized spacial score (nSPS) is 11.0. The summed E-state index contributed by atoms with van der Waals surface area (Å²) in [5.41, 5.74) is 8.35. The molecule has 9 rings (SSSR count). The number of benzene rings is 6. The van der Waals surface area contributed by atoms with Crippen molar-refractivity contribution in [2.75, 3.05) is 35.8 Å². The molecule has 3 aromatic heterocycles. The molecule has 0 aliphatic rings. The Balaban J connectivity index is 0.000000168. The van der Waals surface area contributed by atoms with Crippen molar-refractivity contribution in [3.05, 3.63) is 170 Å². The molecule has 6 aromatic carbocycles. The summed E-state index contributed by atoms with van der Waals surface area (Å²) >= 11 is 1.56. The first-order valence-corrected chi connectivity index (χ1v) is 26.4. The third-order valence-electron chi connectivity index (χ3n) is 11.0. The molecule has 0 spiro atoms. The third kappa shape index (κ3) is 18.9. The molecule has 19 nitrogen and oxygen atoms in total. The molecule has 9 aromatic rings. The Morgan fingerprint density at radius 1 is 0.416 bits per heavy atom. The molecule has 0 amide bonds. The van der Waals surface area contributed by atoms with Crippen molar-refractivity contribution in [2.24, 2.45) is 51.8 Å². The van der Waals surface area contributed by atoms with E-state index in [0.29, 0.717) is 11.9 Å². The number of hydrogen-bond acceptors (Lipinski definition) is 15. The number of azo groups is 3. The minimum Gasteiger partial charge on any atom is -0.494 e. The van der Waals surface area contributed by atoms with Gasteiger partial charge in [-0.15, -0.1) is 10.2 Å². The number of hydrogen-bond donors (Lipinski definition) is 5. The van der Waals surface area contributed by atoms with E-state index in [4.69, 9.17) is 14.2 Å². The molecular weight excluding hydrogens is 989 g/mol. The highest BCUT2D eigenvalue weighted by Gasteiger charge is 2.09. The van der Waals surface area contributed by atoms with Gasteiger partial charge >= 0.3 is 17.0 Å². The summed E-state index contributed by atoms with van der Waals surface area (Å²) in [6.45, 7) is 8.66. The average molecular weight is 1060 g/mol. The number of ether oxygens (including phenoxy) is 3. The number of anilines is 6. The van der Waals surface area contributed by atoms with Crippen LogP contribution in [0.15, 0.2) is 201 Å². The fraction of sp³-hybridized carbons (Fsp3) is 0.246. The van der Waals surface area contributed by atoms with E-state index < -0.39 is 0 Å². The summed E-state index contributed by atoms with van der Waals surface area (Å²) < 4.78 is 22.4. The fourth-order valence-electron chi connectivity index (χ4n) is 6.66. The van der Waals surface area contributed by atoms with Gasteiger partial charge in [0.1, 0.15) is 29.1 Å². The molecular formula is C57H67N16O3S+3. The number of aromatic amines is 2. The molecule has 77 heavy (non-hydrogen) atoms. The third-order valence-corrected chi connectivity index (χ3v) is 11.9. The molecule has 0 aliphatic heterocycles. The maximum Gasteiger partial charge on any atom is 0.408 e. The predicted molar refractivity (Wildman–Crippen MR) is 303 cm³/mol. The van der Waals surface area contributed by atoms with Crippen LogP contribution in [0.1, 0.15) is 52.9 Å². The van der Waals surface area contributed by atoms with Crippen LogP contribution in [0.2, 0.25) is 0 Å².